The van der Waals surface area contributed by atoms with Crippen LogP contribution in [-0.2, 0) is 0 Å². The second-order valence-corrected chi connectivity index (χ2v) is 7.19. The molecule has 0 unspecified atom stereocenters. The lowest BCUT2D eigenvalue weighted by atomic mass is 9.92. The van der Waals surface area contributed by atoms with Gasteiger partial charge in [-0.05, 0) is 32.0 Å². The topological polar surface area (TPSA) is 58.1 Å². The van der Waals surface area contributed by atoms with E-state index in [4.69, 9.17) is 11.6 Å². The molecule has 0 aliphatic carbocycles. The molecule has 138 valence electrons. The molecule has 0 saturated carbocycles. The van der Waals surface area contributed by atoms with Crippen LogP contribution in [0.4, 0.5) is 10.2 Å². The van der Waals surface area contributed by atoms with Crippen LogP contribution in [-0.4, -0.2) is 46.1 Å². The van der Waals surface area contributed by atoms with E-state index in [9.17, 15) is 4.79 Å². The summed E-state index contributed by atoms with van der Waals surface area (Å²) in [6, 6.07) is 8.64. The summed E-state index contributed by atoms with van der Waals surface area (Å²) in [4.78, 5) is 22.7. The van der Waals surface area contributed by atoms with Crippen molar-refractivity contribution in [3.05, 3.63) is 52.4 Å². The van der Waals surface area contributed by atoms with Crippen molar-refractivity contribution in [1.82, 2.24) is 14.9 Å². The molecule has 7 heteroatoms. The molecule has 1 aromatic carbocycles. The maximum atomic E-state index is 15.1. The minimum absolute atomic E-state index is 0.107. The lowest BCUT2D eigenvalue weighted by Gasteiger charge is -2.36. The number of piperidine rings is 1. The van der Waals surface area contributed by atoms with Gasteiger partial charge in [0.25, 0.3) is 5.91 Å². The summed E-state index contributed by atoms with van der Waals surface area (Å²) >= 11 is 5.95. The number of likely N-dealkylation sites (tertiary alicyclic amines) is 1. The number of alkyl halides is 1. The van der Waals surface area contributed by atoms with E-state index < -0.39 is 5.67 Å². The molecule has 2 aromatic rings. The fraction of sp³-hybridized carbons (Fsp3) is 0.421. The number of hydrogen-bond donors (Lipinski definition) is 1. The first-order chi connectivity index (χ1) is 12.3. The molecule has 3 rings (SSSR count). The molecule has 0 radical (unpaired) electrons. The number of halogens is 2. The zero-order valence-electron chi connectivity index (χ0n) is 14.9. The number of amides is 1. The van der Waals surface area contributed by atoms with Crippen LogP contribution in [0.15, 0.2) is 30.3 Å². The number of nitrogens with one attached hydrogen (secondary N) is 1. The van der Waals surface area contributed by atoms with Gasteiger partial charge in [-0.1, -0.05) is 17.7 Å². The van der Waals surface area contributed by atoms with Crippen LogP contribution in [0.25, 0.3) is 0 Å². The molecule has 0 bridgehead atoms. The molecule has 1 fully saturated rings. The number of anilines is 1. The zero-order chi connectivity index (χ0) is 18.7. The Morgan fingerprint density at radius 1 is 1.27 bits per heavy atom. The highest BCUT2D eigenvalue weighted by molar-refractivity contribution is 6.30. The van der Waals surface area contributed by atoms with E-state index in [1.54, 1.807) is 35.2 Å². The fourth-order valence-electron chi connectivity index (χ4n) is 3.15. The van der Waals surface area contributed by atoms with Crippen LogP contribution in [0.3, 0.4) is 0 Å². The lowest BCUT2D eigenvalue weighted by Crippen LogP contribution is -2.47. The lowest BCUT2D eigenvalue weighted by molar-refractivity contribution is 0.0483. The Balaban J connectivity index is 1.57. The van der Waals surface area contributed by atoms with Crippen LogP contribution in [0.1, 0.15) is 34.7 Å². The average Bonchev–Trinajstić information content (AvgIpc) is 2.59. The van der Waals surface area contributed by atoms with Crippen molar-refractivity contribution in [2.45, 2.75) is 32.4 Å². The highest BCUT2D eigenvalue weighted by atomic mass is 35.5. The molecule has 0 spiro atoms. The Morgan fingerprint density at radius 2 is 2.00 bits per heavy atom. The summed E-state index contributed by atoms with van der Waals surface area (Å²) < 4.78 is 15.1. The molecular formula is C19H22ClFN4O. The number of carbonyl (C=O) groups excluding carboxylic acids is 1. The third-order valence-electron chi connectivity index (χ3n) is 4.57. The third-order valence-corrected chi connectivity index (χ3v) is 4.81. The van der Waals surface area contributed by atoms with E-state index in [0.29, 0.717) is 35.3 Å². The van der Waals surface area contributed by atoms with Gasteiger partial charge in [0.05, 0.1) is 6.54 Å². The molecule has 1 aliphatic heterocycles. The second-order valence-electron chi connectivity index (χ2n) is 6.75. The van der Waals surface area contributed by atoms with Gasteiger partial charge in [-0.3, -0.25) is 4.79 Å². The maximum Gasteiger partial charge on any atom is 0.253 e. The first-order valence-electron chi connectivity index (χ1n) is 8.65. The number of carbonyl (C=O) groups is 1. The van der Waals surface area contributed by atoms with Gasteiger partial charge in [-0.25, -0.2) is 14.4 Å². The van der Waals surface area contributed by atoms with Gasteiger partial charge in [0, 0.05) is 48.3 Å². The molecular weight excluding hydrogens is 355 g/mol. The van der Waals surface area contributed by atoms with Crippen molar-refractivity contribution in [2.75, 3.05) is 25.0 Å². The van der Waals surface area contributed by atoms with Crippen LogP contribution in [0.2, 0.25) is 5.02 Å². The van der Waals surface area contributed by atoms with Gasteiger partial charge in [0.1, 0.15) is 17.3 Å². The predicted molar refractivity (Wildman–Crippen MR) is 100 cm³/mol. The largest absolute Gasteiger partial charge is 0.367 e. The fourth-order valence-corrected chi connectivity index (χ4v) is 3.34. The Labute approximate surface area is 157 Å². The first-order valence-corrected chi connectivity index (χ1v) is 9.02. The van der Waals surface area contributed by atoms with Gasteiger partial charge in [-0.15, -0.1) is 0 Å². The van der Waals surface area contributed by atoms with Crippen molar-refractivity contribution in [1.29, 1.82) is 0 Å². The molecule has 0 atom stereocenters. The third kappa shape index (κ3) is 4.49. The Kier molecular flexibility index (Phi) is 5.41. The van der Waals surface area contributed by atoms with Crippen LogP contribution >= 0.6 is 11.6 Å². The molecule has 5 nitrogen and oxygen atoms in total. The van der Waals surface area contributed by atoms with Crippen molar-refractivity contribution in [3.63, 3.8) is 0 Å². The van der Waals surface area contributed by atoms with E-state index in [1.807, 2.05) is 13.8 Å². The summed E-state index contributed by atoms with van der Waals surface area (Å²) in [5.74, 6) is 1.18. The smallest absolute Gasteiger partial charge is 0.253 e. The van der Waals surface area contributed by atoms with Gasteiger partial charge in [-0.2, -0.15) is 0 Å². The molecule has 1 aliphatic rings. The van der Waals surface area contributed by atoms with Gasteiger partial charge >= 0.3 is 0 Å². The van der Waals surface area contributed by atoms with E-state index in [-0.39, 0.29) is 25.3 Å². The standard InChI is InChI=1S/C19H22ClFN4O/c1-13-10-17(24-14(2)23-13)22-12-19(21)6-8-25(9-7-19)18(26)15-4-3-5-16(20)11-15/h3-5,10-11H,6-9,12H2,1-2H3,(H,22,23,24). The Hall–Kier alpha value is -2.21. The highest BCUT2D eigenvalue weighted by Gasteiger charge is 2.36. The molecule has 2 heterocycles. The van der Waals surface area contributed by atoms with Crippen molar-refractivity contribution >= 4 is 23.3 Å². The SMILES string of the molecule is Cc1cc(NCC2(F)CCN(C(=O)c3cccc(Cl)c3)CC2)nc(C)n1. The van der Waals surface area contributed by atoms with E-state index in [0.717, 1.165) is 5.69 Å². The quantitative estimate of drug-likeness (QED) is 0.881. The predicted octanol–water partition coefficient (Wildman–Crippen LogP) is 3.80. The molecule has 1 saturated heterocycles. The van der Waals surface area contributed by atoms with E-state index in [2.05, 4.69) is 15.3 Å². The highest BCUT2D eigenvalue weighted by Crippen LogP contribution is 2.28. The number of nitrogens with zero attached hydrogens (tertiary/aromatic N) is 3. The van der Waals surface area contributed by atoms with E-state index in [1.165, 1.54) is 0 Å². The van der Waals surface area contributed by atoms with Crippen LogP contribution in [0.5, 0.6) is 0 Å². The number of benzene rings is 1. The van der Waals surface area contributed by atoms with Crippen LogP contribution < -0.4 is 5.32 Å². The van der Waals surface area contributed by atoms with E-state index >= 15 is 4.39 Å². The summed E-state index contributed by atoms with van der Waals surface area (Å²) in [5.41, 5.74) is 0.0153. The normalized spacial score (nSPS) is 16.4. The van der Waals surface area contributed by atoms with Crippen molar-refractivity contribution in [3.8, 4) is 0 Å². The molecule has 1 amide bonds. The summed E-state index contributed by atoms with van der Waals surface area (Å²) in [5, 5.41) is 3.59. The van der Waals surface area contributed by atoms with Crippen molar-refractivity contribution < 1.29 is 9.18 Å². The average molecular weight is 377 g/mol. The number of rotatable bonds is 4. The summed E-state index contributed by atoms with van der Waals surface area (Å²) in [6.45, 7) is 4.62. The zero-order valence-corrected chi connectivity index (χ0v) is 15.7. The number of hydrogen-bond acceptors (Lipinski definition) is 4. The second kappa shape index (κ2) is 7.58. The number of aryl methyl sites for hydroxylation is 2. The molecule has 1 N–H and O–H groups in total. The van der Waals surface area contributed by atoms with Gasteiger partial charge in [0.15, 0.2) is 0 Å². The van der Waals surface area contributed by atoms with Crippen molar-refractivity contribution in [2.24, 2.45) is 0 Å². The molecule has 1 aromatic heterocycles. The summed E-state index contributed by atoms with van der Waals surface area (Å²) in [6.07, 6.45) is 0.574. The van der Waals surface area contributed by atoms with Crippen LogP contribution in [0, 0.1) is 13.8 Å². The minimum atomic E-state index is -1.36. The Bertz CT molecular complexity index is 786. The molecule has 26 heavy (non-hydrogen) atoms. The monoisotopic (exact) mass is 376 g/mol. The van der Waals surface area contributed by atoms with Gasteiger partial charge in [0.2, 0.25) is 0 Å². The minimum Gasteiger partial charge on any atom is -0.367 e. The summed E-state index contributed by atoms with van der Waals surface area (Å²) in [7, 11) is 0. The Morgan fingerprint density at radius 3 is 2.65 bits per heavy atom. The first kappa shape index (κ1) is 18.6. The number of aromatic nitrogens is 2. The maximum absolute atomic E-state index is 15.1. The van der Waals surface area contributed by atoms with Gasteiger partial charge < -0.3 is 10.2 Å².